The third-order valence-corrected chi connectivity index (χ3v) is 4.37. The molecule has 0 aliphatic heterocycles. The van der Waals surface area contributed by atoms with Gasteiger partial charge in [0.2, 0.25) is 5.91 Å². The Kier molecular flexibility index (Phi) is 5.49. The Balaban J connectivity index is 1.81. The Bertz CT molecular complexity index is 442. The van der Waals surface area contributed by atoms with E-state index < -0.39 is 0 Å². The lowest BCUT2D eigenvalue weighted by atomic mass is 10.1. The molecule has 1 aliphatic rings. The van der Waals surface area contributed by atoms with Crippen LogP contribution >= 0.6 is 11.8 Å². The van der Waals surface area contributed by atoms with Crippen LogP contribution in [0.5, 0.6) is 0 Å². The monoisotopic (exact) mass is 293 g/mol. The predicted octanol–water partition coefficient (Wildman–Crippen LogP) is 3.40. The first-order valence-corrected chi connectivity index (χ1v) is 8.38. The van der Waals surface area contributed by atoms with Crippen molar-refractivity contribution >= 4 is 17.7 Å². The Morgan fingerprint density at radius 3 is 2.55 bits per heavy atom. The van der Waals surface area contributed by atoms with E-state index in [1.54, 1.807) is 11.8 Å². The zero-order valence-corrected chi connectivity index (χ0v) is 13.2. The third-order valence-electron chi connectivity index (χ3n) is 3.62. The highest BCUT2D eigenvalue weighted by Gasteiger charge is 2.24. The van der Waals surface area contributed by atoms with Crippen LogP contribution in [0.4, 0.5) is 0 Å². The number of benzene rings is 1. The molecule has 2 rings (SSSR count). The van der Waals surface area contributed by atoms with Gasteiger partial charge in [-0.2, -0.15) is 0 Å². The van der Waals surface area contributed by atoms with Crippen molar-refractivity contribution in [2.45, 2.75) is 43.7 Å². The van der Waals surface area contributed by atoms with E-state index in [9.17, 15) is 4.79 Å². The Morgan fingerprint density at radius 1 is 1.35 bits per heavy atom. The highest BCUT2D eigenvalue weighted by atomic mass is 32.2. The molecule has 0 heterocycles. The van der Waals surface area contributed by atoms with Crippen LogP contribution in [0, 0.1) is 5.92 Å². The number of thioether (sulfide) groups is 1. The van der Waals surface area contributed by atoms with Crippen LogP contribution in [0.3, 0.4) is 0 Å². The predicted molar refractivity (Wildman–Crippen MR) is 82.9 cm³/mol. The van der Waals surface area contributed by atoms with E-state index in [4.69, 9.17) is 4.74 Å². The Labute approximate surface area is 125 Å². The van der Waals surface area contributed by atoms with Crippen LogP contribution in [0.1, 0.15) is 38.3 Å². The number of carbonyl (C=O) groups is 1. The maximum atomic E-state index is 12.0. The van der Waals surface area contributed by atoms with E-state index in [1.807, 2.05) is 13.8 Å². The van der Waals surface area contributed by atoms with Gasteiger partial charge in [0.25, 0.3) is 0 Å². The molecule has 1 N–H and O–H groups in total. The maximum Gasteiger partial charge on any atom is 0.249 e. The van der Waals surface area contributed by atoms with E-state index in [0.29, 0.717) is 12.5 Å². The first kappa shape index (κ1) is 15.4. The summed E-state index contributed by atoms with van der Waals surface area (Å²) in [4.78, 5) is 13.3. The van der Waals surface area contributed by atoms with Gasteiger partial charge in [0.05, 0.1) is 12.6 Å². The average Bonchev–Trinajstić information content (AvgIpc) is 3.28. The van der Waals surface area contributed by atoms with Gasteiger partial charge in [0, 0.05) is 4.90 Å². The second-order valence-electron chi connectivity index (χ2n) is 5.42. The number of hydrogen-bond acceptors (Lipinski definition) is 3. The van der Waals surface area contributed by atoms with Crippen LogP contribution in [-0.2, 0) is 9.53 Å². The van der Waals surface area contributed by atoms with Gasteiger partial charge < -0.3 is 10.1 Å². The van der Waals surface area contributed by atoms with Crippen molar-refractivity contribution in [3.05, 3.63) is 29.8 Å². The fourth-order valence-corrected chi connectivity index (χ4v) is 2.36. The smallest absolute Gasteiger partial charge is 0.249 e. The lowest BCUT2D eigenvalue weighted by molar-refractivity contribution is -0.132. The molecule has 1 aromatic rings. The van der Waals surface area contributed by atoms with Crippen molar-refractivity contribution in [1.82, 2.24) is 5.32 Å². The molecule has 110 valence electrons. The molecule has 0 unspecified atom stereocenters. The normalized spacial score (nSPS) is 17.6. The van der Waals surface area contributed by atoms with Gasteiger partial charge >= 0.3 is 0 Å². The van der Waals surface area contributed by atoms with E-state index >= 15 is 0 Å². The molecule has 1 fully saturated rings. The second kappa shape index (κ2) is 7.14. The molecule has 1 amide bonds. The van der Waals surface area contributed by atoms with Gasteiger partial charge in [-0.05, 0) is 56.6 Å². The second-order valence-corrected chi connectivity index (χ2v) is 6.30. The van der Waals surface area contributed by atoms with Gasteiger partial charge in [-0.15, -0.1) is 11.8 Å². The van der Waals surface area contributed by atoms with Crippen molar-refractivity contribution in [2.24, 2.45) is 5.92 Å². The summed E-state index contributed by atoms with van der Waals surface area (Å²) in [5, 5.41) is 3.01. The SMILES string of the molecule is CSc1ccc([C@H](C)NC(=O)[C@H](C)OCC2CC2)cc1. The zero-order chi connectivity index (χ0) is 14.5. The van der Waals surface area contributed by atoms with Crippen molar-refractivity contribution in [1.29, 1.82) is 0 Å². The molecule has 4 heteroatoms. The quantitative estimate of drug-likeness (QED) is 0.783. The number of amides is 1. The lowest BCUT2D eigenvalue weighted by Gasteiger charge is -2.18. The van der Waals surface area contributed by atoms with Crippen molar-refractivity contribution < 1.29 is 9.53 Å². The third kappa shape index (κ3) is 4.53. The summed E-state index contributed by atoms with van der Waals surface area (Å²) in [5.41, 5.74) is 1.12. The summed E-state index contributed by atoms with van der Waals surface area (Å²) < 4.78 is 5.59. The number of ether oxygens (including phenoxy) is 1. The highest BCUT2D eigenvalue weighted by Crippen LogP contribution is 2.29. The van der Waals surface area contributed by atoms with Gasteiger partial charge in [0.1, 0.15) is 6.10 Å². The van der Waals surface area contributed by atoms with E-state index in [2.05, 4.69) is 35.8 Å². The summed E-state index contributed by atoms with van der Waals surface area (Å²) in [6.45, 7) is 4.53. The van der Waals surface area contributed by atoms with Gasteiger partial charge in [-0.3, -0.25) is 4.79 Å². The molecule has 3 nitrogen and oxygen atoms in total. The lowest BCUT2D eigenvalue weighted by Crippen LogP contribution is -2.36. The molecule has 2 atom stereocenters. The van der Waals surface area contributed by atoms with Crippen LogP contribution < -0.4 is 5.32 Å². The number of carbonyl (C=O) groups excluding carboxylic acids is 1. The summed E-state index contributed by atoms with van der Waals surface area (Å²) in [6, 6.07) is 8.29. The number of nitrogens with one attached hydrogen (secondary N) is 1. The molecule has 0 aromatic heterocycles. The summed E-state index contributed by atoms with van der Waals surface area (Å²) in [7, 11) is 0. The van der Waals surface area contributed by atoms with Gasteiger partial charge in [-0.25, -0.2) is 0 Å². The molecule has 0 saturated heterocycles. The molecule has 1 aliphatic carbocycles. The van der Waals surface area contributed by atoms with Crippen LogP contribution in [0.2, 0.25) is 0 Å². The topological polar surface area (TPSA) is 38.3 Å². The van der Waals surface area contributed by atoms with E-state index in [0.717, 1.165) is 5.56 Å². The fraction of sp³-hybridized carbons (Fsp3) is 0.562. The van der Waals surface area contributed by atoms with E-state index in [-0.39, 0.29) is 18.1 Å². The number of rotatable bonds is 7. The van der Waals surface area contributed by atoms with Crippen LogP contribution in [0.15, 0.2) is 29.2 Å². The Hall–Kier alpha value is -1.00. The van der Waals surface area contributed by atoms with Crippen molar-refractivity contribution in [2.75, 3.05) is 12.9 Å². The first-order chi connectivity index (χ1) is 9.60. The standard InChI is InChI=1S/C16H23NO2S/c1-11(14-6-8-15(20-3)9-7-14)17-16(18)12(2)19-10-13-4-5-13/h6-9,11-13H,4-5,10H2,1-3H3,(H,17,18)/t11-,12-/m0/s1. The van der Waals surface area contributed by atoms with Gasteiger partial charge in [0.15, 0.2) is 0 Å². The Morgan fingerprint density at radius 2 is 2.00 bits per heavy atom. The van der Waals surface area contributed by atoms with Crippen molar-refractivity contribution in [3.63, 3.8) is 0 Å². The molecule has 0 radical (unpaired) electrons. The average molecular weight is 293 g/mol. The molecule has 1 saturated carbocycles. The molecule has 0 bridgehead atoms. The van der Waals surface area contributed by atoms with Crippen LogP contribution in [-0.4, -0.2) is 24.9 Å². The highest BCUT2D eigenvalue weighted by molar-refractivity contribution is 7.98. The summed E-state index contributed by atoms with van der Waals surface area (Å²) >= 11 is 1.72. The van der Waals surface area contributed by atoms with Crippen molar-refractivity contribution in [3.8, 4) is 0 Å². The molecular weight excluding hydrogens is 270 g/mol. The van der Waals surface area contributed by atoms with E-state index in [1.165, 1.54) is 17.7 Å². The number of hydrogen-bond donors (Lipinski definition) is 1. The molecule has 0 spiro atoms. The minimum absolute atomic E-state index is 0.00498. The molecule has 20 heavy (non-hydrogen) atoms. The minimum Gasteiger partial charge on any atom is -0.368 e. The first-order valence-electron chi connectivity index (χ1n) is 7.16. The largest absolute Gasteiger partial charge is 0.368 e. The summed E-state index contributed by atoms with van der Waals surface area (Å²) in [5.74, 6) is 0.647. The minimum atomic E-state index is -0.372. The molecular formula is C16H23NO2S. The summed E-state index contributed by atoms with van der Waals surface area (Å²) in [6.07, 6.45) is 4.17. The van der Waals surface area contributed by atoms with Gasteiger partial charge in [-0.1, -0.05) is 12.1 Å². The zero-order valence-electron chi connectivity index (χ0n) is 12.4. The fourth-order valence-electron chi connectivity index (χ4n) is 1.95. The molecule has 1 aromatic carbocycles. The van der Waals surface area contributed by atoms with Crippen LogP contribution in [0.25, 0.3) is 0 Å². The maximum absolute atomic E-state index is 12.0.